The Labute approximate surface area is 86.6 Å². The van der Waals surface area contributed by atoms with Crippen molar-refractivity contribution in [1.82, 2.24) is 0 Å². The number of hydrogen-bond acceptors (Lipinski definition) is 2. The quantitative estimate of drug-likeness (QED) is 0.461. The van der Waals surface area contributed by atoms with Crippen molar-refractivity contribution >= 4 is 5.97 Å². The molecule has 0 spiro atoms. The van der Waals surface area contributed by atoms with Crippen molar-refractivity contribution in [2.75, 3.05) is 0 Å². The first-order chi connectivity index (χ1) is 6.70. The Kier molecular flexibility index (Phi) is 7.90. The predicted molar refractivity (Wildman–Crippen MR) is 59.0 cm³/mol. The summed E-state index contributed by atoms with van der Waals surface area (Å²) in [5, 5.41) is 0. The third-order valence-electron chi connectivity index (χ3n) is 1.87. The molecule has 0 aromatic heterocycles. The molecule has 0 aliphatic rings. The lowest BCUT2D eigenvalue weighted by atomic mass is 10.1. The number of esters is 1. The lowest BCUT2D eigenvalue weighted by molar-refractivity contribution is -0.146. The second-order valence-corrected chi connectivity index (χ2v) is 3.26. The SMILES string of the molecule is C=C/C=C\CCC(CCC)OC(C)=O. The van der Waals surface area contributed by atoms with E-state index >= 15 is 0 Å². The summed E-state index contributed by atoms with van der Waals surface area (Å²) in [5.41, 5.74) is 0. The summed E-state index contributed by atoms with van der Waals surface area (Å²) < 4.78 is 5.17. The molecular weight excluding hydrogens is 176 g/mol. The van der Waals surface area contributed by atoms with Crippen molar-refractivity contribution in [3.63, 3.8) is 0 Å². The van der Waals surface area contributed by atoms with Gasteiger partial charge in [0, 0.05) is 6.92 Å². The van der Waals surface area contributed by atoms with E-state index in [-0.39, 0.29) is 12.1 Å². The van der Waals surface area contributed by atoms with Gasteiger partial charge in [-0.25, -0.2) is 0 Å². The predicted octanol–water partition coefficient (Wildman–Crippen LogP) is 3.24. The fraction of sp³-hybridized carbons (Fsp3) is 0.583. The van der Waals surface area contributed by atoms with E-state index in [4.69, 9.17) is 4.74 Å². The van der Waals surface area contributed by atoms with E-state index in [0.29, 0.717) is 0 Å². The fourth-order valence-corrected chi connectivity index (χ4v) is 1.29. The van der Waals surface area contributed by atoms with Crippen LogP contribution in [-0.4, -0.2) is 12.1 Å². The van der Waals surface area contributed by atoms with Gasteiger partial charge in [0.15, 0.2) is 0 Å². The minimum absolute atomic E-state index is 0.0759. The molecule has 0 heterocycles. The molecule has 0 N–H and O–H groups in total. The van der Waals surface area contributed by atoms with E-state index in [0.717, 1.165) is 25.7 Å². The van der Waals surface area contributed by atoms with E-state index in [1.165, 1.54) is 6.92 Å². The second kappa shape index (κ2) is 8.54. The van der Waals surface area contributed by atoms with Gasteiger partial charge in [-0.15, -0.1) is 0 Å². The molecule has 0 fully saturated rings. The van der Waals surface area contributed by atoms with Gasteiger partial charge in [0.25, 0.3) is 0 Å². The normalized spacial score (nSPS) is 12.7. The van der Waals surface area contributed by atoms with E-state index in [1.54, 1.807) is 6.08 Å². The van der Waals surface area contributed by atoms with Gasteiger partial charge >= 0.3 is 5.97 Å². The van der Waals surface area contributed by atoms with Crippen molar-refractivity contribution in [1.29, 1.82) is 0 Å². The van der Waals surface area contributed by atoms with E-state index in [2.05, 4.69) is 13.5 Å². The van der Waals surface area contributed by atoms with Crippen LogP contribution < -0.4 is 0 Å². The molecule has 1 unspecified atom stereocenters. The maximum absolute atomic E-state index is 10.8. The fourth-order valence-electron chi connectivity index (χ4n) is 1.29. The van der Waals surface area contributed by atoms with Crippen molar-refractivity contribution in [2.24, 2.45) is 0 Å². The lowest BCUT2D eigenvalue weighted by Crippen LogP contribution is -2.15. The molecular formula is C12H20O2. The average molecular weight is 196 g/mol. The Bertz CT molecular complexity index is 194. The molecule has 0 radical (unpaired) electrons. The first-order valence-electron chi connectivity index (χ1n) is 5.15. The minimum Gasteiger partial charge on any atom is -0.463 e. The molecule has 0 saturated heterocycles. The Balaban J connectivity index is 3.77. The van der Waals surface area contributed by atoms with Crippen LogP contribution in [0.15, 0.2) is 24.8 Å². The van der Waals surface area contributed by atoms with Gasteiger partial charge in [-0.2, -0.15) is 0 Å². The Morgan fingerprint density at radius 3 is 2.71 bits per heavy atom. The van der Waals surface area contributed by atoms with E-state index in [9.17, 15) is 4.79 Å². The molecule has 0 aliphatic heterocycles. The van der Waals surface area contributed by atoms with Crippen molar-refractivity contribution < 1.29 is 9.53 Å². The van der Waals surface area contributed by atoms with Crippen LogP contribution in [-0.2, 0) is 9.53 Å². The first-order valence-corrected chi connectivity index (χ1v) is 5.15. The van der Waals surface area contributed by atoms with Crippen LogP contribution in [0.1, 0.15) is 39.5 Å². The summed E-state index contributed by atoms with van der Waals surface area (Å²) >= 11 is 0. The van der Waals surface area contributed by atoms with Crippen LogP contribution in [0.25, 0.3) is 0 Å². The molecule has 0 amide bonds. The molecule has 2 nitrogen and oxygen atoms in total. The summed E-state index contributed by atoms with van der Waals surface area (Å²) in [5.74, 6) is -0.184. The largest absolute Gasteiger partial charge is 0.463 e. The highest BCUT2D eigenvalue weighted by atomic mass is 16.5. The molecule has 0 aliphatic carbocycles. The van der Waals surface area contributed by atoms with Crippen LogP contribution >= 0.6 is 0 Å². The standard InChI is InChI=1S/C12H20O2/c1-4-6-7-8-10-12(9-5-2)14-11(3)13/h4,6-7,12H,1,5,8-10H2,2-3H3/b7-6-. The summed E-state index contributed by atoms with van der Waals surface area (Å²) in [6.45, 7) is 7.14. The van der Waals surface area contributed by atoms with Gasteiger partial charge in [-0.1, -0.05) is 38.2 Å². The zero-order valence-electron chi connectivity index (χ0n) is 9.16. The third kappa shape index (κ3) is 7.59. The van der Waals surface area contributed by atoms with Crippen LogP contribution in [0.5, 0.6) is 0 Å². The first kappa shape index (κ1) is 12.9. The number of hydrogen-bond donors (Lipinski definition) is 0. The monoisotopic (exact) mass is 196 g/mol. The number of carbonyl (C=O) groups is 1. The van der Waals surface area contributed by atoms with Gasteiger partial charge in [0.05, 0.1) is 0 Å². The number of rotatable bonds is 7. The highest BCUT2D eigenvalue weighted by Gasteiger charge is 2.09. The lowest BCUT2D eigenvalue weighted by Gasteiger charge is -2.14. The van der Waals surface area contributed by atoms with Gasteiger partial charge in [0.2, 0.25) is 0 Å². The smallest absolute Gasteiger partial charge is 0.302 e. The van der Waals surface area contributed by atoms with Crippen molar-refractivity contribution in [3.05, 3.63) is 24.8 Å². The average Bonchev–Trinajstić information content (AvgIpc) is 2.12. The molecule has 0 bridgehead atoms. The number of allylic oxidation sites excluding steroid dienone is 3. The third-order valence-corrected chi connectivity index (χ3v) is 1.87. The van der Waals surface area contributed by atoms with Gasteiger partial charge in [-0.05, 0) is 19.3 Å². The van der Waals surface area contributed by atoms with Crippen molar-refractivity contribution in [2.45, 2.75) is 45.6 Å². The Morgan fingerprint density at radius 1 is 1.50 bits per heavy atom. The minimum atomic E-state index is -0.184. The zero-order valence-corrected chi connectivity index (χ0v) is 9.16. The van der Waals surface area contributed by atoms with Crippen LogP contribution in [0, 0.1) is 0 Å². The number of carbonyl (C=O) groups excluding carboxylic acids is 1. The number of ether oxygens (including phenoxy) is 1. The zero-order chi connectivity index (χ0) is 10.8. The molecule has 2 heteroatoms. The molecule has 0 aromatic carbocycles. The van der Waals surface area contributed by atoms with Crippen LogP contribution in [0.2, 0.25) is 0 Å². The highest BCUT2D eigenvalue weighted by molar-refractivity contribution is 5.66. The molecule has 0 rings (SSSR count). The van der Waals surface area contributed by atoms with E-state index < -0.39 is 0 Å². The molecule has 0 aromatic rings. The van der Waals surface area contributed by atoms with Crippen molar-refractivity contribution in [3.8, 4) is 0 Å². The maximum Gasteiger partial charge on any atom is 0.302 e. The summed E-state index contributed by atoms with van der Waals surface area (Å²) in [7, 11) is 0. The summed E-state index contributed by atoms with van der Waals surface area (Å²) in [6.07, 6.45) is 9.61. The topological polar surface area (TPSA) is 26.3 Å². The highest BCUT2D eigenvalue weighted by Crippen LogP contribution is 2.10. The summed E-state index contributed by atoms with van der Waals surface area (Å²) in [6, 6.07) is 0. The maximum atomic E-state index is 10.8. The van der Waals surface area contributed by atoms with Gasteiger partial charge < -0.3 is 4.74 Å². The molecule has 1 atom stereocenters. The Morgan fingerprint density at radius 2 is 2.21 bits per heavy atom. The molecule has 0 saturated carbocycles. The van der Waals surface area contributed by atoms with Gasteiger partial charge in [-0.3, -0.25) is 4.79 Å². The Hall–Kier alpha value is -1.05. The molecule has 80 valence electrons. The van der Waals surface area contributed by atoms with Gasteiger partial charge in [0.1, 0.15) is 6.10 Å². The second-order valence-electron chi connectivity index (χ2n) is 3.26. The van der Waals surface area contributed by atoms with E-state index in [1.807, 2.05) is 12.2 Å². The molecule has 14 heavy (non-hydrogen) atoms. The van der Waals surface area contributed by atoms with Crippen LogP contribution in [0.3, 0.4) is 0 Å². The summed E-state index contributed by atoms with van der Waals surface area (Å²) in [4.78, 5) is 10.8. The van der Waals surface area contributed by atoms with Crippen LogP contribution in [0.4, 0.5) is 0 Å².